The molecule has 0 aliphatic rings. The molecular weight excluding hydrogens is 282 g/mol. The molecule has 0 radical (unpaired) electrons. The van der Waals surface area contributed by atoms with Crippen LogP contribution in [0.2, 0.25) is 0 Å². The highest BCUT2D eigenvalue weighted by molar-refractivity contribution is 6.03. The number of hydrogen-bond acceptors (Lipinski definition) is 4. The molecular formula is C15H13N5O2. The molecule has 0 aliphatic heterocycles. The van der Waals surface area contributed by atoms with E-state index < -0.39 is 5.91 Å². The van der Waals surface area contributed by atoms with Gasteiger partial charge in [-0.3, -0.25) is 14.6 Å². The van der Waals surface area contributed by atoms with Crippen molar-refractivity contribution in [2.75, 3.05) is 11.9 Å². The predicted molar refractivity (Wildman–Crippen MR) is 81.3 cm³/mol. The summed E-state index contributed by atoms with van der Waals surface area (Å²) in [6, 6.07) is 7.44. The number of amides is 2. The summed E-state index contributed by atoms with van der Waals surface area (Å²) in [5.41, 5.74) is 1.79. The molecule has 0 bridgehead atoms. The minimum Gasteiger partial charge on any atom is -0.361 e. The second kappa shape index (κ2) is 6.04. The van der Waals surface area contributed by atoms with Gasteiger partial charge in [0, 0.05) is 29.5 Å². The first-order chi connectivity index (χ1) is 10.7. The topological polar surface area (TPSA) is 99.8 Å². The quantitative estimate of drug-likeness (QED) is 0.676. The molecule has 3 N–H and O–H groups in total. The van der Waals surface area contributed by atoms with Crippen molar-refractivity contribution in [3.8, 4) is 0 Å². The number of carbonyl (C=O) groups excluding carboxylic acids is 2. The Morgan fingerprint density at radius 1 is 1.18 bits per heavy atom. The molecule has 2 heterocycles. The smallest absolute Gasteiger partial charge is 0.271 e. The predicted octanol–water partition coefficient (Wildman–Crippen LogP) is 1.33. The lowest BCUT2D eigenvalue weighted by atomic mass is 10.2. The van der Waals surface area contributed by atoms with Crippen LogP contribution in [-0.2, 0) is 4.79 Å². The van der Waals surface area contributed by atoms with Crippen LogP contribution in [0.5, 0.6) is 0 Å². The largest absolute Gasteiger partial charge is 0.361 e. The number of anilines is 1. The summed E-state index contributed by atoms with van der Waals surface area (Å²) < 4.78 is 0. The molecule has 0 saturated heterocycles. The van der Waals surface area contributed by atoms with Crippen LogP contribution in [-0.4, -0.2) is 33.3 Å². The first-order valence-electron chi connectivity index (χ1n) is 6.64. The van der Waals surface area contributed by atoms with Gasteiger partial charge in [0.15, 0.2) is 0 Å². The van der Waals surface area contributed by atoms with E-state index in [-0.39, 0.29) is 18.1 Å². The number of H-pyrrole nitrogens is 1. The Morgan fingerprint density at radius 2 is 2.09 bits per heavy atom. The van der Waals surface area contributed by atoms with Gasteiger partial charge < -0.3 is 15.6 Å². The van der Waals surface area contributed by atoms with Crippen LogP contribution in [0.4, 0.5) is 5.69 Å². The Bertz CT molecular complexity index is 813. The molecule has 110 valence electrons. The Labute approximate surface area is 125 Å². The average molecular weight is 295 g/mol. The molecule has 0 saturated carbocycles. The number of nitrogens with one attached hydrogen (secondary N) is 3. The second-order valence-electron chi connectivity index (χ2n) is 4.57. The van der Waals surface area contributed by atoms with Gasteiger partial charge in [-0.25, -0.2) is 4.98 Å². The lowest BCUT2D eigenvalue weighted by molar-refractivity contribution is -0.115. The summed E-state index contributed by atoms with van der Waals surface area (Å²) in [6.45, 7) is -0.143. The molecule has 0 unspecified atom stereocenters. The van der Waals surface area contributed by atoms with Crippen LogP contribution >= 0.6 is 0 Å². The fourth-order valence-electron chi connectivity index (χ4n) is 2.06. The van der Waals surface area contributed by atoms with Gasteiger partial charge in [0.05, 0.1) is 18.4 Å². The fraction of sp³-hybridized carbons (Fsp3) is 0.0667. The Hall–Kier alpha value is -3.22. The standard InChI is InChI=1S/C15H13N5O2/c21-14(9-19-15(22)13-8-16-6-7-18-13)20-12-3-1-2-11-10(12)4-5-17-11/h1-8,17H,9H2,(H,19,22)(H,20,21). The van der Waals surface area contributed by atoms with Crippen LogP contribution in [0.25, 0.3) is 10.9 Å². The van der Waals surface area contributed by atoms with Gasteiger partial charge in [0.25, 0.3) is 5.91 Å². The Morgan fingerprint density at radius 3 is 2.91 bits per heavy atom. The molecule has 2 amide bonds. The van der Waals surface area contributed by atoms with Crippen molar-refractivity contribution >= 4 is 28.4 Å². The highest BCUT2D eigenvalue weighted by atomic mass is 16.2. The monoisotopic (exact) mass is 295 g/mol. The number of aromatic nitrogens is 3. The van der Waals surface area contributed by atoms with E-state index in [2.05, 4.69) is 25.6 Å². The van der Waals surface area contributed by atoms with Crippen LogP contribution in [0.3, 0.4) is 0 Å². The van der Waals surface area contributed by atoms with E-state index in [1.54, 1.807) is 12.3 Å². The molecule has 3 aromatic rings. The molecule has 0 atom stereocenters. The van der Waals surface area contributed by atoms with Gasteiger partial charge in [-0.2, -0.15) is 0 Å². The van der Waals surface area contributed by atoms with Crippen LogP contribution in [0.1, 0.15) is 10.5 Å². The lowest BCUT2D eigenvalue weighted by Crippen LogP contribution is -2.33. The summed E-state index contributed by atoms with van der Waals surface area (Å²) in [5.74, 6) is -0.756. The Balaban J connectivity index is 1.61. The van der Waals surface area contributed by atoms with Crippen LogP contribution < -0.4 is 10.6 Å². The molecule has 2 aromatic heterocycles. The molecule has 7 heteroatoms. The molecule has 0 aliphatic carbocycles. The molecule has 0 fully saturated rings. The number of rotatable bonds is 4. The van der Waals surface area contributed by atoms with Gasteiger partial charge in [0.2, 0.25) is 5.91 Å². The summed E-state index contributed by atoms with van der Waals surface area (Å²) >= 11 is 0. The van der Waals surface area contributed by atoms with Crippen molar-refractivity contribution in [1.82, 2.24) is 20.3 Å². The van der Waals surface area contributed by atoms with E-state index in [1.807, 2.05) is 18.2 Å². The van der Waals surface area contributed by atoms with Gasteiger partial charge >= 0.3 is 0 Å². The number of benzene rings is 1. The SMILES string of the molecule is O=C(CNC(=O)c1cnccn1)Nc1cccc2[nH]ccc12. The van der Waals surface area contributed by atoms with Crippen molar-refractivity contribution in [1.29, 1.82) is 0 Å². The van der Waals surface area contributed by atoms with Gasteiger partial charge in [-0.1, -0.05) is 6.07 Å². The summed E-state index contributed by atoms with van der Waals surface area (Å²) in [5, 5.41) is 6.18. The number of hydrogen-bond donors (Lipinski definition) is 3. The molecule has 3 rings (SSSR count). The average Bonchev–Trinajstić information content (AvgIpc) is 3.03. The van der Waals surface area contributed by atoms with Gasteiger partial charge in [-0.15, -0.1) is 0 Å². The number of aromatic amines is 1. The van der Waals surface area contributed by atoms with E-state index in [0.717, 1.165) is 10.9 Å². The van der Waals surface area contributed by atoms with Gasteiger partial charge in [0.1, 0.15) is 5.69 Å². The summed E-state index contributed by atoms with van der Waals surface area (Å²) in [6.07, 6.45) is 6.03. The normalized spacial score (nSPS) is 10.4. The molecule has 22 heavy (non-hydrogen) atoms. The number of nitrogens with zero attached hydrogens (tertiary/aromatic N) is 2. The second-order valence-corrected chi connectivity index (χ2v) is 4.57. The number of fused-ring (bicyclic) bond motifs is 1. The van der Waals surface area contributed by atoms with E-state index in [0.29, 0.717) is 5.69 Å². The zero-order valence-corrected chi connectivity index (χ0v) is 11.5. The summed E-state index contributed by atoms with van der Waals surface area (Å²) in [4.78, 5) is 34.5. The molecule has 1 aromatic carbocycles. The van der Waals surface area contributed by atoms with Gasteiger partial charge in [-0.05, 0) is 18.2 Å². The Kier molecular flexibility index (Phi) is 3.78. The van der Waals surface area contributed by atoms with Crippen LogP contribution in [0.15, 0.2) is 49.1 Å². The zero-order valence-electron chi connectivity index (χ0n) is 11.5. The van der Waals surface area contributed by atoms with E-state index in [4.69, 9.17) is 0 Å². The van der Waals surface area contributed by atoms with E-state index in [1.165, 1.54) is 18.6 Å². The minimum absolute atomic E-state index is 0.143. The van der Waals surface area contributed by atoms with Crippen molar-refractivity contribution in [2.45, 2.75) is 0 Å². The lowest BCUT2D eigenvalue weighted by Gasteiger charge is -2.07. The molecule has 0 spiro atoms. The maximum Gasteiger partial charge on any atom is 0.271 e. The van der Waals surface area contributed by atoms with E-state index in [9.17, 15) is 9.59 Å². The fourth-order valence-corrected chi connectivity index (χ4v) is 2.06. The maximum absolute atomic E-state index is 11.9. The minimum atomic E-state index is -0.442. The highest BCUT2D eigenvalue weighted by Crippen LogP contribution is 2.21. The van der Waals surface area contributed by atoms with Crippen molar-refractivity contribution < 1.29 is 9.59 Å². The zero-order chi connectivity index (χ0) is 15.4. The third-order valence-corrected chi connectivity index (χ3v) is 3.07. The first kappa shape index (κ1) is 13.7. The van der Waals surface area contributed by atoms with Crippen molar-refractivity contribution in [3.05, 3.63) is 54.7 Å². The van der Waals surface area contributed by atoms with E-state index >= 15 is 0 Å². The third kappa shape index (κ3) is 2.93. The number of carbonyl (C=O) groups is 2. The highest BCUT2D eigenvalue weighted by Gasteiger charge is 2.10. The van der Waals surface area contributed by atoms with Crippen molar-refractivity contribution in [2.24, 2.45) is 0 Å². The van der Waals surface area contributed by atoms with Crippen LogP contribution in [0, 0.1) is 0 Å². The maximum atomic E-state index is 11.9. The van der Waals surface area contributed by atoms with Crippen molar-refractivity contribution in [3.63, 3.8) is 0 Å². The summed E-state index contributed by atoms with van der Waals surface area (Å²) in [7, 11) is 0. The third-order valence-electron chi connectivity index (χ3n) is 3.07. The first-order valence-corrected chi connectivity index (χ1v) is 6.64. The molecule has 7 nitrogen and oxygen atoms in total.